The van der Waals surface area contributed by atoms with Crippen LogP contribution in [0.3, 0.4) is 0 Å². The summed E-state index contributed by atoms with van der Waals surface area (Å²) in [5, 5.41) is 7.20. The van der Waals surface area contributed by atoms with Crippen LogP contribution in [0.1, 0.15) is 26.7 Å². The summed E-state index contributed by atoms with van der Waals surface area (Å²) >= 11 is 5.31. The van der Waals surface area contributed by atoms with E-state index in [0.29, 0.717) is 5.11 Å². The van der Waals surface area contributed by atoms with Crippen molar-refractivity contribution in [3.63, 3.8) is 0 Å². The number of para-hydroxylation sites is 1. The smallest absolute Gasteiger partial charge is 0.170 e. The van der Waals surface area contributed by atoms with Gasteiger partial charge >= 0.3 is 0 Å². The Morgan fingerprint density at radius 2 is 1.86 bits per heavy atom. The van der Waals surface area contributed by atoms with Crippen molar-refractivity contribution >= 4 is 23.0 Å². The molecule has 2 N–H and O–H groups in total. The average molecular weight is 305 g/mol. The summed E-state index contributed by atoms with van der Waals surface area (Å²) in [6.45, 7) is 9.31. The van der Waals surface area contributed by atoms with Crippen molar-refractivity contribution in [3.05, 3.63) is 30.3 Å². The van der Waals surface area contributed by atoms with Gasteiger partial charge < -0.3 is 15.5 Å². The summed E-state index contributed by atoms with van der Waals surface area (Å²) < 4.78 is 0. The van der Waals surface area contributed by atoms with Gasteiger partial charge in [-0.1, -0.05) is 32.0 Å². The SMILES string of the molecule is C[C@@H]1C[C@H](C)CN(CCCNC(=S)Nc2ccccc2)C1. The zero-order valence-electron chi connectivity index (χ0n) is 13.1. The maximum atomic E-state index is 5.31. The van der Waals surface area contributed by atoms with Gasteiger partial charge in [0.1, 0.15) is 0 Å². The van der Waals surface area contributed by atoms with Gasteiger partial charge in [-0.2, -0.15) is 0 Å². The van der Waals surface area contributed by atoms with E-state index in [4.69, 9.17) is 12.2 Å². The second-order valence-corrected chi connectivity index (χ2v) is 6.71. The third-order valence-electron chi connectivity index (χ3n) is 3.91. The maximum absolute atomic E-state index is 5.31. The molecular weight excluding hydrogens is 278 g/mol. The van der Waals surface area contributed by atoms with Crippen molar-refractivity contribution in [3.8, 4) is 0 Å². The topological polar surface area (TPSA) is 27.3 Å². The number of piperidine rings is 1. The minimum atomic E-state index is 0.710. The molecule has 4 heteroatoms. The van der Waals surface area contributed by atoms with Crippen molar-refractivity contribution < 1.29 is 0 Å². The van der Waals surface area contributed by atoms with Crippen LogP contribution < -0.4 is 10.6 Å². The summed E-state index contributed by atoms with van der Waals surface area (Å²) in [6.07, 6.45) is 2.51. The molecule has 1 aliphatic heterocycles. The largest absolute Gasteiger partial charge is 0.362 e. The highest BCUT2D eigenvalue weighted by Crippen LogP contribution is 2.20. The van der Waals surface area contributed by atoms with Gasteiger partial charge in [-0.25, -0.2) is 0 Å². The first-order valence-electron chi connectivity index (χ1n) is 7.95. The number of hydrogen-bond acceptors (Lipinski definition) is 2. The Bertz CT molecular complexity index is 425. The normalized spacial score (nSPS) is 22.8. The summed E-state index contributed by atoms with van der Waals surface area (Å²) in [5.41, 5.74) is 1.04. The minimum Gasteiger partial charge on any atom is -0.362 e. The van der Waals surface area contributed by atoms with Gasteiger partial charge in [0.05, 0.1) is 0 Å². The lowest BCUT2D eigenvalue weighted by molar-refractivity contribution is 0.140. The van der Waals surface area contributed by atoms with Crippen LogP contribution >= 0.6 is 12.2 Å². The summed E-state index contributed by atoms with van der Waals surface area (Å²) in [7, 11) is 0. The Hall–Kier alpha value is -1.13. The molecule has 0 saturated carbocycles. The van der Waals surface area contributed by atoms with E-state index in [1.54, 1.807) is 0 Å². The highest BCUT2D eigenvalue weighted by molar-refractivity contribution is 7.80. The molecule has 0 amide bonds. The zero-order valence-corrected chi connectivity index (χ0v) is 14.0. The van der Waals surface area contributed by atoms with Crippen LogP contribution in [-0.4, -0.2) is 36.2 Å². The number of hydrogen-bond donors (Lipinski definition) is 2. The molecule has 21 heavy (non-hydrogen) atoms. The first-order valence-corrected chi connectivity index (χ1v) is 8.36. The number of benzene rings is 1. The third kappa shape index (κ3) is 6.02. The van der Waals surface area contributed by atoms with Gasteiger partial charge in [-0.15, -0.1) is 0 Å². The monoisotopic (exact) mass is 305 g/mol. The fraction of sp³-hybridized carbons (Fsp3) is 0.588. The first-order chi connectivity index (χ1) is 10.1. The van der Waals surface area contributed by atoms with E-state index in [1.807, 2.05) is 30.3 Å². The van der Waals surface area contributed by atoms with Gasteiger partial charge in [0, 0.05) is 25.3 Å². The van der Waals surface area contributed by atoms with Gasteiger partial charge in [0.25, 0.3) is 0 Å². The Labute approximate surface area is 134 Å². The average Bonchev–Trinajstić information content (AvgIpc) is 2.44. The third-order valence-corrected chi connectivity index (χ3v) is 4.16. The van der Waals surface area contributed by atoms with E-state index in [1.165, 1.54) is 19.5 Å². The molecule has 0 spiro atoms. The van der Waals surface area contributed by atoms with Crippen LogP contribution in [0.5, 0.6) is 0 Å². The van der Waals surface area contributed by atoms with Crippen LogP contribution in [0.4, 0.5) is 5.69 Å². The Kier molecular flexibility index (Phi) is 6.46. The molecule has 0 aromatic heterocycles. The van der Waals surface area contributed by atoms with Gasteiger partial charge in [0.2, 0.25) is 0 Å². The molecule has 2 rings (SSSR count). The van der Waals surface area contributed by atoms with Crippen molar-refractivity contribution in [2.75, 3.05) is 31.5 Å². The van der Waals surface area contributed by atoms with Crippen molar-refractivity contribution in [2.45, 2.75) is 26.7 Å². The molecule has 1 aromatic rings. The van der Waals surface area contributed by atoms with E-state index in [9.17, 15) is 0 Å². The fourth-order valence-corrected chi connectivity index (χ4v) is 3.40. The molecule has 0 aliphatic carbocycles. The van der Waals surface area contributed by atoms with Crippen LogP contribution in [0, 0.1) is 11.8 Å². The van der Waals surface area contributed by atoms with E-state index < -0.39 is 0 Å². The molecule has 116 valence electrons. The standard InChI is InChI=1S/C17H27N3S/c1-14-11-15(2)13-20(12-14)10-6-9-18-17(21)19-16-7-4-3-5-8-16/h3-5,7-8,14-15H,6,9-13H2,1-2H3,(H2,18,19,21)/t14-,15+. The number of rotatable bonds is 5. The molecule has 0 bridgehead atoms. The molecule has 3 nitrogen and oxygen atoms in total. The Balaban J connectivity index is 1.60. The minimum absolute atomic E-state index is 0.710. The van der Waals surface area contributed by atoms with Crippen LogP contribution in [0.2, 0.25) is 0 Å². The number of thiocarbonyl (C=S) groups is 1. The predicted octanol–water partition coefficient (Wildman–Crippen LogP) is 3.34. The Morgan fingerprint density at radius 1 is 1.19 bits per heavy atom. The molecule has 1 fully saturated rings. The molecule has 1 saturated heterocycles. The number of nitrogens with one attached hydrogen (secondary N) is 2. The number of nitrogens with zero attached hydrogens (tertiary/aromatic N) is 1. The molecule has 0 unspecified atom stereocenters. The highest BCUT2D eigenvalue weighted by Gasteiger charge is 2.20. The van der Waals surface area contributed by atoms with Gasteiger partial charge in [-0.05, 0) is 55.6 Å². The number of anilines is 1. The summed E-state index contributed by atoms with van der Waals surface area (Å²) in [4.78, 5) is 2.59. The second kappa shape index (κ2) is 8.35. The number of likely N-dealkylation sites (tertiary alicyclic amines) is 1. The van der Waals surface area contributed by atoms with Crippen molar-refractivity contribution in [2.24, 2.45) is 11.8 Å². The lowest BCUT2D eigenvalue weighted by Crippen LogP contribution is -2.40. The van der Waals surface area contributed by atoms with Crippen molar-refractivity contribution in [1.29, 1.82) is 0 Å². The molecular formula is C17H27N3S. The molecule has 2 atom stereocenters. The van der Waals surface area contributed by atoms with Gasteiger partial charge in [0.15, 0.2) is 5.11 Å². The van der Waals surface area contributed by atoms with E-state index >= 15 is 0 Å². The summed E-state index contributed by atoms with van der Waals surface area (Å²) in [5.74, 6) is 1.67. The first kappa shape index (κ1) is 16.2. The van der Waals surface area contributed by atoms with Crippen molar-refractivity contribution in [1.82, 2.24) is 10.2 Å². The molecule has 1 heterocycles. The van der Waals surface area contributed by atoms with E-state index in [0.717, 1.165) is 37.0 Å². The molecule has 1 aromatic carbocycles. The second-order valence-electron chi connectivity index (χ2n) is 6.31. The fourth-order valence-electron chi connectivity index (χ4n) is 3.18. The van der Waals surface area contributed by atoms with E-state index in [-0.39, 0.29) is 0 Å². The Morgan fingerprint density at radius 3 is 2.52 bits per heavy atom. The predicted molar refractivity (Wildman–Crippen MR) is 94.7 cm³/mol. The lowest BCUT2D eigenvalue weighted by Gasteiger charge is -2.34. The van der Waals surface area contributed by atoms with Gasteiger partial charge in [-0.3, -0.25) is 0 Å². The molecule has 0 radical (unpaired) electrons. The quantitative estimate of drug-likeness (QED) is 0.644. The maximum Gasteiger partial charge on any atom is 0.170 e. The summed E-state index contributed by atoms with van der Waals surface area (Å²) in [6, 6.07) is 10.0. The highest BCUT2D eigenvalue weighted by atomic mass is 32.1. The van der Waals surface area contributed by atoms with Crippen LogP contribution in [0.25, 0.3) is 0 Å². The lowest BCUT2D eigenvalue weighted by atomic mass is 9.92. The molecule has 1 aliphatic rings. The van der Waals surface area contributed by atoms with Crippen LogP contribution in [0.15, 0.2) is 30.3 Å². The van der Waals surface area contributed by atoms with E-state index in [2.05, 4.69) is 29.4 Å². The van der Waals surface area contributed by atoms with Crippen LogP contribution in [-0.2, 0) is 0 Å². The zero-order chi connectivity index (χ0) is 15.1.